The number of ether oxygens (including phenoxy) is 1. The molecule has 6 nitrogen and oxygen atoms in total. The molecule has 4 rings (SSSR count). The topological polar surface area (TPSA) is 67.6 Å². The fraction of sp³-hybridized carbons (Fsp3) is 0.273. The number of hydrogen-bond acceptors (Lipinski definition) is 4. The fourth-order valence-corrected chi connectivity index (χ4v) is 3.56. The third kappa shape index (κ3) is 3.77. The minimum atomic E-state index is -0.0385. The van der Waals surface area contributed by atoms with Crippen LogP contribution in [0.3, 0.4) is 0 Å². The molecule has 1 aromatic heterocycles. The molecule has 0 radical (unpaired) electrons. The lowest BCUT2D eigenvalue weighted by molar-refractivity contribution is -0.134. The summed E-state index contributed by atoms with van der Waals surface area (Å²) in [5, 5.41) is 14.1. The molecule has 2 aromatic carbocycles. The van der Waals surface area contributed by atoms with Gasteiger partial charge in [0, 0.05) is 36.3 Å². The van der Waals surface area contributed by atoms with Crippen molar-refractivity contribution in [2.45, 2.75) is 19.5 Å². The molecule has 144 valence electrons. The van der Waals surface area contributed by atoms with Gasteiger partial charge in [-0.3, -0.25) is 9.48 Å². The third-order valence-corrected chi connectivity index (χ3v) is 4.95. The van der Waals surface area contributed by atoms with Gasteiger partial charge in [0.05, 0.1) is 18.8 Å². The van der Waals surface area contributed by atoms with Gasteiger partial charge in [0.15, 0.2) is 6.61 Å². The first kappa shape index (κ1) is 18.3. The summed E-state index contributed by atoms with van der Waals surface area (Å²) >= 11 is 0. The van der Waals surface area contributed by atoms with Crippen molar-refractivity contribution >= 4 is 5.91 Å². The molecule has 0 bridgehead atoms. The number of carbonyl (C=O) groups is 1. The molecule has 6 heteroatoms. The van der Waals surface area contributed by atoms with Gasteiger partial charge in [-0.2, -0.15) is 5.10 Å². The number of hydrogen-bond donors (Lipinski definition) is 1. The van der Waals surface area contributed by atoms with Gasteiger partial charge in [0.1, 0.15) is 5.75 Å². The van der Waals surface area contributed by atoms with Gasteiger partial charge < -0.3 is 14.7 Å². The highest BCUT2D eigenvalue weighted by Crippen LogP contribution is 2.30. The number of benzene rings is 2. The first-order valence-corrected chi connectivity index (χ1v) is 9.46. The Labute approximate surface area is 164 Å². The summed E-state index contributed by atoms with van der Waals surface area (Å²) in [6.07, 6.45) is 0.715. The average molecular weight is 377 g/mol. The zero-order chi connectivity index (χ0) is 19.3. The highest BCUT2D eigenvalue weighted by molar-refractivity contribution is 5.78. The fourth-order valence-electron chi connectivity index (χ4n) is 3.56. The Morgan fingerprint density at radius 2 is 1.79 bits per heavy atom. The number of amides is 1. The smallest absolute Gasteiger partial charge is 0.260 e. The summed E-state index contributed by atoms with van der Waals surface area (Å²) in [5.41, 5.74) is 4.05. The van der Waals surface area contributed by atoms with E-state index in [4.69, 9.17) is 9.84 Å². The normalized spacial score (nSPS) is 13.2. The summed E-state index contributed by atoms with van der Waals surface area (Å²) in [5.74, 6) is 0.651. The highest BCUT2D eigenvalue weighted by atomic mass is 16.5. The number of nitrogens with zero attached hydrogens (tertiary/aromatic N) is 3. The van der Waals surface area contributed by atoms with Gasteiger partial charge in [0.2, 0.25) is 0 Å². The predicted octanol–water partition coefficient (Wildman–Crippen LogP) is 2.51. The lowest BCUT2D eigenvalue weighted by Gasteiger charge is -2.28. The van der Waals surface area contributed by atoms with E-state index in [-0.39, 0.29) is 19.1 Å². The average Bonchev–Trinajstić information content (AvgIpc) is 3.11. The van der Waals surface area contributed by atoms with Gasteiger partial charge in [-0.25, -0.2) is 0 Å². The van der Waals surface area contributed by atoms with E-state index >= 15 is 0 Å². The van der Waals surface area contributed by atoms with Crippen molar-refractivity contribution in [2.75, 3.05) is 19.8 Å². The second-order valence-electron chi connectivity index (χ2n) is 6.75. The van der Waals surface area contributed by atoms with Gasteiger partial charge in [0.25, 0.3) is 5.91 Å². The molecular formula is C22H23N3O3. The molecule has 3 aromatic rings. The Kier molecular flexibility index (Phi) is 5.39. The van der Waals surface area contributed by atoms with Crippen molar-refractivity contribution in [1.29, 1.82) is 0 Å². The van der Waals surface area contributed by atoms with Gasteiger partial charge in [-0.1, -0.05) is 48.5 Å². The molecule has 0 atom stereocenters. The molecule has 0 spiro atoms. The summed E-state index contributed by atoms with van der Waals surface area (Å²) in [6.45, 7) is 1.64. The monoisotopic (exact) mass is 377 g/mol. The first-order chi connectivity index (χ1) is 13.8. The van der Waals surface area contributed by atoms with Crippen molar-refractivity contribution in [2.24, 2.45) is 0 Å². The Morgan fingerprint density at radius 3 is 2.50 bits per heavy atom. The van der Waals surface area contributed by atoms with Crippen molar-refractivity contribution < 1.29 is 14.6 Å². The van der Waals surface area contributed by atoms with E-state index in [1.165, 1.54) is 0 Å². The highest BCUT2D eigenvalue weighted by Gasteiger charge is 2.28. The van der Waals surface area contributed by atoms with Crippen molar-refractivity contribution in [3.05, 3.63) is 71.9 Å². The van der Waals surface area contributed by atoms with E-state index < -0.39 is 0 Å². The zero-order valence-electron chi connectivity index (χ0n) is 15.6. The molecule has 1 N–H and O–H groups in total. The molecule has 1 aliphatic rings. The summed E-state index contributed by atoms with van der Waals surface area (Å²) < 4.78 is 7.50. The Bertz CT molecular complexity index is 938. The molecule has 1 aliphatic heterocycles. The van der Waals surface area contributed by atoms with E-state index in [1.807, 2.05) is 70.2 Å². The van der Waals surface area contributed by atoms with Crippen molar-refractivity contribution in [3.63, 3.8) is 0 Å². The van der Waals surface area contributed by atoms with Gasteiger partial charge >= 0.3 is 0 Å². The Hall–Kier alpha value is -3.12. The van der Waals surface area contributed by atoms with E-state index in [2.05, 4.69) is 0 Å². The number of carbonyl (C=O) groups excluding carboxylic acids is 1. The lowest BCUT2D eigenvalue weighted by atomic mass is 10.0. The number of aliphatic hydroxyl groups excluding tert-OH is 1. The summed E-state index contributed by atoms with van der Waals surface area (Å²) in [6, 6.07) is 19.3. The summed E-state index contributed by atoms with van der Waals surface area (Å²) in [4.78, 5) is 14.5. The zero-order valence-corrected chi connectivity index (χ0v) is 15.6. The van der Waals surface area contributed by atoms with Crippen LogP contribution in [-0.4, -0.2) is 45.5 Å². The standard InChI is InChI=1S/C22H23N3O3/c26-14-13-25-20-11-12-24(21(27)16-28-18-9-5-2-6-10-18)15-19(20)22(23-25)17-7-3-1-4-8-17/h1-10,26H,11-16H2. The number of aromatic nitrogens is 2. The number of para-hydroxylation sites is 1. The van der Waals surface area contributed by atoms with Crippen LogP contribution >= 0.6 is 0 Å². The molecule has 0 aliphatic carbocycles. The van der Waals surface area contributed by atoms with E-state index in [1.54, 1.807) is 0 Å². The van der Waals surface area contributed by atoms with Crippen molar-refractivity contribution in [1.82, 2.24) is 14.7 Å². The van der Waals surface area contributed by atoms with Crippen LogP contribution in [-0.2, 0) is 24.3 Å². The molecule has 0 unspecified atom stereocenters. The van der Waals surface area contributed by atoms with Gasteiger partial charge in [-0.05, 0) is 12.1 Å². The second-order valence-corrected chi connectivity index (χ2v) is 6.75. The van der Waals surface area contributed by atoms with E-state index in [0.29, 0.717) is 31.8 Å². The first-order valence-electron chi connectivity index (χ1n) is 9.46. The Morgan fingerprint density at radius 1 is 1.07 bits per heavy atom. The SMILES string of the molecule is O=C(COc1ccccc1)N1CCc2c(c(-c3ccccc3)nn2CCO)C1. The molecule has 2 heterocycles. The quantitative estimate of drug-likeness (QED) is 0.717. The molecule has 28 heavy (non-hydrogen) atoms. The number of fused-ring (bicyclic) bond motifs is 1. The second kappa shape index (κ2) is 8.27. The van der Waals surface area contributed by atoms with Crippen LogP contribution in [0.2, 0.25) is 0 Å². The lowest BCUT2D eigenvalue weighted by Crippen LogP contribution is -2.39. The number of rotatable bonds is 6. The Balaban J connectivity index is 1.54. The van der Waals surface area contributed by atoms with Crippen LogP contribution < -0.4 is 4.74 Å². The predicted molar refractivity (Wildman–Crippen MR) is 106 cm³/mol. The van der Waals surface area contributed by atoms with Crippen LogP contribution in [0.5, 0.6) is 5.75 Å². The van der Waals surface area contributed by atoms with Crippen LogP contribution in [0.25, 0.3) is 11.3 Å². The molecular weight excluding hydrogens is 354 g/mol. The summed E-state index contributed by atoms with van der Waals surface area (Å²) in [7, 11) is 0. The molecule has 1 amide bonds. The van der Waals surface area contributed by atoms with Crippen molar-refractivity contribution in [3.8, 4) is 17.0 Å². The van der Waals surface area contributed by atoms with Crippen LogP contribution in [0.15, 0.2) is 60.7 Å². The maximum atomic E-state index is 12.7. The van der Waals surface area contributed by atoms with Crippen LogP contribution in [0.4, 0.5) is 0 Å². The van der Waals surface area contributed by atoms with E-state index in [9.17, 15) is 9.90 Å². The molecule has 0 saturated carbocycles. The minimum Gasteiger partial charge on any atom is -0.484 e. The van der Waals surface area contributed by atoms with E-state index in [0.717, 1.165) is 22.5 Å². The maximum Gasteiger partial charge on any atom is 0.260 e. The van der Waals surface area contributed by atoms with Crippen LogP contribution in [0.1, 0.15) is 11.3 Å². The van der Waals surface area contributed by atoms with Gasteiger partial charge in [-0.15, -0.1) is 0 Å². The maximum absolute atomic E-state index is 12.7. The number of aliphatic hydroxyl groups is 1. The van der Waals surface area contributed by atoms with Crippen LogP contribution in [0, 0.1) is 0 Å². The third-order valence-electron chi connectivity index (χ3n) is 4.95. The minimum absolute atomic E-state index is 0.0186. The molecule has 0 saturated heterocycles. The molecule has 0 fully saturated rings. The largest absolute Gasteiger partial charge is 0.484 e.